The van der Waals surface area contributed by atoms with Gasteiger partial charge < -0.3 is 4.90 Å². The van der Waals surface area contributed by atoms with Crippen molar-refractivity contribution in [1.82, 2.24) is 10.2 Å². The van der Waals surface area contributed by atoms with Crippen molar-refractivity contribution in [3.05, 3.63) is 33.8 Å². The number of benzene rings is 1. The number of aryl methyl sites for hydroxylation is 1. The first-order chi connectivity index (χ1) is 8.04. The van der Waals surface area contributed by atoms with Gasteiger partial charge in [-0.3, -0.25) is 5.32 Å². The highest BCUT2D eigenvalue weighted by molar-refractivity contribution is 9.10. The smallest absolute Gasteiger partial charge is 0.121 e. The van der Waals surface area contributed by atoms with Crippen LogP contribution in [0.1, 0.15) is 17.2 Å². The van der Waals surface area contributed by atoms with E-state index in [0.717, 1.165) is 28.7 Å². The molecule has 0 fully saturated rings. The van der Waals surface area contributed by atoms with E-state index in [-0.39, 0.29) is 6.04 Å². The molecule has 1 unspecified atom stereocenters. The molecule has 4 heteroatoms. The number of hydrogen-bond acceptors (Lipinski definition) is 3. The summed E-state index contributed by atoms with van der Waals surface area (Å²) >= 11 is 3.46. The van der Waals surface area contributed by atoms with Crippen molar-refractivity contribution in [2.24, 2.45) is 0 Å². The number of rotatable bonds is 5. The van der Waals surface area contributed by atoms with E-state index in [1.54, 1.807) is 0 Å². The van der Waals surface area contributed by atoms with Crippen LogP contribution in [0.4, 0.5) is 0 Å². The van der Waals surface area contributed by atoms with Crippen LogP contribution in [0.3, 0.4) is 0 Å². The molecule has 0 heterocycles. The van der Waals surface area contributed by atoms with Crippen LogP contribution >= 0.6 is 15.9 Å². The Labute approximate surface area is 112 Å². The van der Waals surface area contributed by atoms with Crippen molar-refractivity contribution in [2.75, 3.05) is 27.2 Å². The predicted octanol–water partition coefficient (Wildman–Crippen LogP) is 2.47. The van der Waals surface area contributed by atoms with Crippen LogP contribution < -0.4 is 5.32 Å². The Morgan fingerprint density at radius 3 is 2.71 bits per heavy atom. The molecule has 0 saturated carbocycles. The highest BCUT2D eigenvalue weighted by Crippen LogP contribution is 2.20. The SMILES string of the molecule is Cc1cc(C(C#N)NCCN(C)C)ccc1Br. The first-order valence-electron chi connectivity index (χ1n) is 5.58. The van der Waals surface area contributed by atoms with Crippen molar-refractivity contribution in [3.63, 3.8) is 0 Å². The monoisotopic (exact) mass is 295 g/mol. The van der Waals surface area contributed by atoms with Gasteiger partial charge in [0, 0.05) is 17.6 Å². The molecular weight excluding hydrogens is 278 g/mol. The molecule has 0 aliphatic rings. The molecule has 1 N–H and O–H groups in total. The summed E-state index contributed by atoms with van der Waals surface area (Å²) in [6.07, 6.45) is 0. The highest BCUT2D eigenvalue weighted by Gasteiger charge is 2.10. The maximum atomic E-state index is 9.17. The third kappa shape index (κ3) is 4.47. The molecule has 0 aliphatic heterocycles. The quantitative estimate of drug-likeness (QED) is 0.907. The van der Waals surface area contributed by atoms with Gasteiger partial charge in [0.25, 0.3) is 0 Å². The molecule has 1 aromatic rings. The zero-order valence-electron chi connectivity index (χ0n) is 10.5. The molecule has 0 aliphatic carbocycles. The lowest BCUT2D eigenvalue weighted by atomic mass is 10.1. The molecule has 0 bridgehead atoms. The second kappa shape index (κ2) is 6.75. The van der Waals surface area contributed by atoms with E-state index in [0.29, 0.717) is 0 Å². The van der Waals surface area contributed by atoms with Crippen molar-refractivity contribution in [3.8, 4) is 6.07 Å². The molecule has 0 saturated heterocycles. The molecule has 1 atom stereocenters. The number of halogens is 1. The second-order valence-electron chi connectivity index (χ2n) is 4.33. The van der Waals surface area contributed by atoms with Gasteiger partial charge >= 0.3 is 0 Å². The molecule has 3 nitrogen and oxygen atoms in total. The Hall–Kier alpha value is -0.890. The Morgan fingerprint density at radius 2 is 2.18 bits per heavy atom. The number of nitriles is 1. The normalized spacial score (nSPS) is 12.5. The molecule has 1 rings (SSSR count). The van der Waals surface area contributed by atoms with E-state index in [9.17, 15) is 0 Å². The summed E-state index contributed by atoms with van der Waals surface area (Å²) in [5.41, 5.74) is 2.17. The Bertz CT molecular complexity index is 410. The number of nitrogens with one attached hydrogen (secondary N) is 1. The molecular formula is C13H18BrN3. The van der Waals surface area contributed by atoms with Crippen LogP contribution in [-0.4, -0.2) is 32.1 Å². The standard InChI is InChI=1S/C13H18BrN3/c1-10-8-11(4-5-12(10)14)13(9-15)16-6-7-17(2)3/h4-5,8,13,16H,6-7H2,1-3H3. The molecule has 1 aromatic carbocycles. The predicted molar refractivity (Wildman–Crippen MR) is 73.8 cm³/mol. The first-order valence-corrected chi connectivity index (χ1v) is 6.37. The van der Waals surface area contributed by atoms with Gasteiger partial charge in [-0.25, -0.2) is 0 Å². The van der Waals surface area contributed by atoms with Crippen molar-refractivity contribution in [1.29, 1.82) is 5.26 Å². The Balaban J connectivity index is 2.67. The summed E-state index contributed by atoms with van der Waals surface area (Å²) < 4.78 is 1.08. The summed E-state index contributed by atoms with van der Waals surface area (Å²) in [6, 6.07) is 8.07. The fourth-order valence-corrected chi connectivity index (χ4v) is 1.76. The molecule has 92 valence electrons. The van der Waals surface area contributed by atoms with Gasteiger partial charge in [0.2, 0.25) is 0 Å². The van der Waals surface area contributed by atoms with Gasteiger partial charge in [0.15, 0.2) is 0 Å². The van der Waals surface area contributed by atoms with Crippen LogP contribution in [0, 0.1) is 18.3 Å². The van der Waals surface area contributed by atoms with Crippen LogP contribution in [0.25, 0.3) is 0 Å². The highest BCUT2D eigenvalue weighted by atomic mass is 79.9. The molecule has 0 aromatic heterocycles. The first kappa shape index (κ1) is 14.2. The maximum Gasteiger partial charge on any atom is 0.121 e. The minimum Gasteiger partial charge on any atom is -0.308 e. The topological polar surface area (TPSA) is 39.1 Å². The van der Waals surface area contributed by atoms with Crippen molar-refractivity contribution < 1.29 is 0 Å². The minimum atomic E-state index is -0.234. The number of hydrogen-bond donors (Lipinski definition) is 1. The third-order valence-corrected chi connectivity index (χ3v) is 3.44. The van der Waals surface area contributed by atoms with Crippen molar-refractivity contribution >= 4 is 15.9 Å². The fraction of sp³-hybridized carbons (Fsp3) is 0.462. The lowest BCUT2D eigenvalue weighted by Crippen LogP contribution is -2.29. The molecule has 0 spiro atoms. The summed E-state index contributed by atoms with van der Waals surface area (Å²) in [5, 5.41) is 12.4. The zero-order chi connectivity index (χ0) is 12.8. The number of likely N-dealkylation sites (N-methyl/N-ethyl adjacent to an activating group) is 1. The van der Waals surface area contributed by atoms with Gasteiger partial charge in [-0.2, -0.15) is 5.26 Å². The van der Waals surface area contributed by atoms with Gasteiger partial charge in [-0.15, -0.1) is 0 Å². The van der Waals surface area contributed by atoms with E-state index < -0.39 is 0 Å². The fourth-order valence-electron chi connectivity index (χ4n) is 1.52. The van der Waals surface area contributed by atoms with E-state index >= 15 is 0 Å². The van der Waals surface area contributed by atoms with Crippen molar-refractivity contribution in [2.45, 2.75) is 13.0 Å². The van der Waals surface area contributed by atoms with E-state index in [2.05, 4.69) is 32.2 Å². The average molecular weight is 296 g/mol. The van der Waals surface area contributed by atoms with Gasteiger partial charge in [0.05, 0.1) is 6.07 Å². The van der Waals surface area contributed by atoms with E-state index in [4.69, 9.17) is 5.26 Å². The third-order valence-electron chi connectivity index (χ3n) is 2.55. The van der Waals surface area contributed by atoms with E-state index in [1.807, 2.05) is 39.2 Å². The van der Waals surface area contributed by atoms with Gasteiger partial charge in [0.1, 0.15) is 6.04 Å². The summed E-state index contributed by atoms with van der Waals surface area (Å²) in [4.78, 5) is 2.09. The van der Waals surface area contributed by atoms with Crippen LogP contribution in [-0.2, 0) is 0 Å². The average Bonchev–Trinajstić information content (AvgIpc) is 2.28. The van der Waals surface area contributed by atoms with Gasteiger partial charge in [-0.05, 0) is 38.2 Å². The lowest BCUT2D eigenvalue weighted by Gasteiger charge is -2.15. The zero-order valence-corrected chi connectivity index (χ0v) is 12.1. The molecule has 0 radical (unpaired) electrons. The lowest BCUT2D eigenvalue weighted by molar-refractivity contribution is 0.395. The van der Waals surface area contributed by atoms with Gasteiger partial charge in [-0.1, -0.05) is 28.1 Å². The number of nitrogens with zero attached hydrogens (tertiary/aromatic N) is 2. The maximum absolute atomic E-state index is 9.17. The van der Waals surface area contributed by atoms with Crippen LogP contribution in [0.15, 0.2) is 22.7 Å². The van der Waals surface area contributed by atoms with Crippen LogP contribution in [0.5, 0.6) is 0 Å². The Kier molecular flexibility index (Phi) is 5.63. The molecule has 0 amide bonds. The van der Waals surface area contributed by atoms with E-state index in [1.165, 1.54) is 0 Å². The summed E-state index contributed by atoms with van der Waals surface area (Å²) in [5.74, 6) is 0. The summed E-state index contributed by atoms with van der Waals surface area (Å²) in [6.45, 7) is 3.76. The molecule has 17 heavy (non-hydrogen) atoms. The summed E-state index contributed by atoms with van der Waals surface area (Å²) in [7, 11) is 4.04. The largest absolute Gasteiger partial charge is 0.308 e. The Morgan fingerprint density at radius 1 is 1.47 bits per heavy atom. The van der Waals surface area contributed by atoms with Crippen LogP contribution in [0.2, 0.25) is 0 Å². The minimum absolute atomic E-state index is 0.234. The second-order valence-corrected chi connectivity index (χ2v) is 5.18.